The standard InChI is InChI=1S/C19H15Cl2FN4O3.C6H6/c1-8-23-15-11(22)5-6-12(14(15)19(29)26(8)9-3-2-4-9)25-18(28)13-7-10(20)16(27)17(21)24-13;1-2-4-6-5-3-1/h5-7,9,27H,2-4H2,1H3,(H,25,28);1-6H. The molecule has 1 saturated carbocycles. The van der Waals surface area contributed by atoms with Crippen molar-refractivity contribution in [2.24, 2.45) is 0 Å². The minimum Gasteiger partial charge on any atom is -0.504 e. The Bertz CT molecular complexity index is 1410. The molecule has 2 aromatic carbocycles. The Morgan fingerprint density at radius 2 is 1.74 bits per heavy atom. The number of aromatic hydroxyl groups is 1. The number of nitrogens with zero attached hydrogens (tertiary/aromatic N) is 3. The van der Waals surface area contributed by atoms with E-state index in [0.717, 1.165) is 31.4 Å². The van der Waals surface area contributed by atoms with Gasteiger partial charge in [-0.15, -0.1) is 0 Å². The van der Waals surface area contributed by atoms with Gasteiger partial charge in [-0.2, -0.15) is 0 Å². The maximum absolute atomic E-state index is 14.4. The number of anilines is 1. The lowest BCUT2D eigenvalue weighted by Gasteiger charge is -2.29. The molecule has 10 heteroatoms. The molecule has 0 unspecified atom stereocenters. The van der Waals surface area contributed by atoms with Crippen molar-refractivity contribution in [1.29, 1.82) is 0 Å². The quantitative estimate of drug-likeness (QED) is 0.331. The molecule has 1 aliphatic rings. The van der Waals surface area contributed by atoms with Crippen LogP contribution in [-0.2, 0) is 0 Å². The molecule has 7 nitrogen and oxygen atoms in total. The average Bonchev–Trinajstić information content (AvgIpc) is 2.82. The molecule has 1 fully saturated rings. The average molecular weight is 515 g/mol. The van der Waals surface area contributed by atoms with Gasteiger partial charge in [-0.25, -0.2) is 14.4 Å². The van der Waals surface area contributed by atoms with Gasteiger partial charge in [0.2, 0.25) is 0 Å². The maximum Gasteiger partial charge on any atom is 0.274 e. The van der Waals surface area contributed by atoms with Gasteiger partial charge in [0.25, 0.3) is 11.5 Å². The summed E-state index contributed by atoms with van der Waals surface area (Å²) >= 11 is 11.6. The second-order valence-electron chi connectivity index (χ2n) is 7.98. The Balaban J connectivity index is 0.000000421. The lowest BCUT2D eigenvalue weighted by Crippen LogP contribution is -2.32. The van der Waals surface area contributed by atoms with E-state index in [1.165, 1.54) is 6.07 Å². The van der Waals surface area contributed by atoms with Crippen LogP contribution in [-0.4, -0.2) is 25.5 Å². The summed E-state index contributed by atoms with van der Waals surface area (Å²) < 4.78 is 15.9. The van der Waals surface area contributed by atoms with Crippen LogP contribution < -0.4 is 10.9 Å². The fraction of sp³-hybridized carbons (Fsp3) is 0.200. The molecule has 0 saturated heterocycles. The van der Waals surface area contributed by atoms with Crippen LogP contribution in [0.1, 0.15) is 41.6 Å². The van der Waals surface area contributed by atoms with Gasteiger partial charge in [0.15, 0.2) is 10.9 Å². The fourth-order valence-corrected chi connectivity index (χ4v) is 4.15. The predicted octanol–water partition coefficient (Wildman–Crippen LogP) is 5.92. The van der Waals surface area contributed by atoms with Gasteiger partial charge in [0.05, 0.1) is 16.1 Å². The van der Waals surface area contributed by atoms with E-state index in [-0.39, 0.29) is 38.5 Å². The number of nitrogens with one attached hydrogen (secondary N) is 1. The van der Waals surface area contributed by atoms with Gasteiger partial charge in [0.1, 0.15) is 22.9 Å². The minimum absolute atomic E-state index is 0.0163. The normalized spacial score (nSPS) is 13.0. The van der Waals surface area contributed by atoms with Crippen LogP contribution in [0.15, 0.2) is 59.4 Å². The largest absolute Gasteiger partial charge is 0.504 e. The van der Waals surface area contributed by atoms with Crippen LogP contribution in [0, 0.1) is 12.7 Å². The summed E-state index contributed by atoms with van der Waals surface area (Å²) in [6.07, 6.45) is 2.70. The van der Waals surface area contributed by atoms with Crippen LogP contribution in [0.4, 0.5) is 10.1 Å². The second kappa shape index (κ2) is 10.4. The van der Waals surface area contributed by atoms with Crippen molar-refractivity contribution in [3.63, 3.8) is 0 Å². The fourth-order valence-electron chi connectivity index (χ4n) is 3.72. The highest BCUT2D eigenvalue weighted by Gasteiger charge is 2.25. The van der Waals surface area contributed by atoms with Gasteiger partial charge in [-0.3, -0.25) is 14.2 Å². The molecule has 5 rings (SSSR count). The summed E-state index contributed by atoms with van der Waals surface area (Å²) in [5, 5.41) is 11.6. The van der Waals surface area contributed by atoms with Crippen LogP contribution in [0.25, 0.3) is 10.9 Å². The first-order valence-electron chi connectivity index (χ1n) is 10.9. The Morgan fingerprint density at radius 3 is 2.29 bits per heavy atom. The maximum atomic E-state index is 14.4. The molecule has 35 heavy (non-hydrogen) atoms. The molecular formula is C25H21Cl2FN4O3. The van der Waals surface area contributed by atoms with Crippen molar-refractivity contribution in [2.75, 3.05) is 5.32 Å². The van der Waals surface area contributed by atoms with Crippen LogP contribution in [0.2, 0.25) is 10.2 Å². The smallest absolute Gasteiger partial charge is 0.274 e. The van der Waals surface area contributed by atoms with Crippen molar-refractivity contribution in [2.45, 2.75) is 32.2 Å². The van der Waals surface area contributed by atoms with Crippen molar-refractivity contribution in [3.05, 3.63) is 92.5 Å². The van der Waals surface area contributed by atoms with Gasteiger partial charge < -0.3 is 10.4 Å². The number of benzene rings is 2. The van der Waals surface area contributed by atoms with Gasteiger partial charge in [-0.1, -0.05) is 59.6 Å². The highest BCUT2D eigenvalue weighted by atomic mass is 35.5. The Labute approximate surface area is 210 Å². The highest BCUT2D eigenvalue weighted by Crippen LogP contribution is 2.33. The van der Waals surface area contributed by atoms with E-state index in [2.05, 4.69) is 15.3 Å². The van der Waals surface area contributed by atoms with E-state index in [4.69, 9.17) is 23.2 Å². The van der Waals surface area contributed by atoms with E-state index in [1.807, 2.05) is 36.4 Å². The number of halogens is 3. The summed E-state index contributed by atoms with van der Waals surface area (Å²) in [5.74, 6) is -1.40. The molecule has 1 amide bonds. The molecule has 0 atom stereocenters. The summed E-state index contributed by atoms with van der Waals surface area (Å²) in [5.41, 5.74) is -0.605. The second-order valence-corrected chi connectivity index (χ2v) is 8.74. The zero-order chi connectivity index (χ0) is 25.1. The third-order valence-corrected chi connectivity index (χ3v) is 6.23. The molecule has 4 aromatic rings. The van der Waals surface area contributed by atoms with Crippen LogP contribution in [0.3, 0.4) is 0 Å². The lowest BCUT2D eigenvalue weighted by molar-refractivity contribution is 0.102. The number of aryl methyl sites for hydroxylation is 1. The topological polar surface area (TPSA) is 97.1 Å². The number of amides is 1. The number of carbonyl (C=O) groups excluding carboxylic acids is 1. The molecule has 0 spiro atoms. The molecule has 2 aromatic heterocycles. The summed E-state index contributed by atoms with van der Waals surface area (Å²) in [6.45, 7) is 1.66. The minimum atomic E-state index is -0.725. The number of pyridine rings is 1. The van der Waals surface area contributed by atoms with Crippen molar-refractivity contribution in [1.82, 2.24) is 14.5 Å². The highest BCUT2D eigenvalue weighted by molar-refractivity contribution is 6.36. The number of carbonyl (C=O) groups is 1. The van der Waals surface area contributed by atoms with Crippen molar-refractivity contribution >= 4 is 45.7 Å². The SMILES string of the molecule is Cc1nc2c(F)ccc(NC(=O)c3cc(Cl)c(O)c(Cl)n3)c2c(=O)n1C1CCC1.c1ccccc1. The van der Waals surface area contributed by atoms with Crippen LogP contribution in [0.5, 0.6) is 5.75 Å². The molecule has 2 N–H and O–H groups in total. The molecule has 0 radical (unpaired) electrons. The Hall–Kier alpha value is -3.49. The lowest BCUT2D eigenvalue weighted by atomic mass is 9.92. The van der Waals surface area contributed by atoms with E-state index < -0.39 is 23.0 Å². The third-order valence-electron chi connectivity index (χ3n) is 5.67. The molecule has 1 aliphatic carbocycles. The number of hydrogen-bond acceptors (Lipinski definition) is 5. The zero-order valence-corrected chi connectivity index (χ0v) is 20.1. The summed E-state index contributed by atoms with van der Waals surface area (Å²) in [7, 11) is 0. The first-order chi connectivity index (χ1) is 16.8. The van der Waals surface area contributed by atoms with Gasteiger partial charge in [-0.05, 0) is 44.4 Å². The van der Waals surface area contributed by atoms with Crippen LogP contribution >= 0.6 is 23.2 Å². The number of fused-ring (bicyclic) bond motifs is 1. The number of aromatic nitrogens is 3. The number of rotatable bonds is 3. The summed E-state index contributed by atoms with van der Waals surface area (Å²) in [4.78, 5) is 33.8. The molecular weight excluding hydrogens is 494 g/mol. The zero-order valence-electron chi connectivity index (χ0n) is 18.6. The predicted molar refractivity (Wildman–Crippen MR) is 134 cm³/mol. The van der Waals surface area contributed by atoms with Crippen molar-refractivity contribution < 1.29 is 14.3 Å². The molecule has 0 aliphatic heterocycles. The molecule has 0 bridgehead atoms. The first kappa shape index (κ1) is 24.6. The first-order valence-corrected chi connectivity index (χ1v) is 11.6. The Kier molecular flexibility index (Phi) is 7.33. The Morgan fingerprint density at radius 1 is 1.11 bits per heavy atom. The van der Waals surface area contributed by atoms with E-state index in [0.29, 0.717) is 5.82 Å². The van der Waals surface area contributed by atoms with E-state index >= 15 is 0 Å². The third kappa shape index (κ3) is 5.13. The van der Waals surface area contributed by atoms with Gasteiger partial charge >= 0.3 is 0 Å². The molecule has 2 heterocycles. The van der Waals surface area contributed by atoms with E-state index in [9.17, 15) is 19.1 Å². The monoisotopic (exact) mass is 514 g/mol. The van der Waals surface area contributed by atoms with E-state index in [1.54, 1.807) is 11.5 Å². The summed E-state index contributed by atoms with van der Waals surface area (Å²) in [6, 6.07) is 15.6. The molecule has 180 valence electrons. The van der Waals surface area contributed by atoms with Gasteiger partial charge in [0, 0.05) is 6.04 Å². The number of hydrogen-bond donors (Lipinski definition) is 2. The van der Waals surface area contributed by atoms with Crippen molar-refractivity contribution in [3.8, 4) is 5.75 Å².